The largest absolute Gasteiger partial charge is 0.435 e. The van der Waals surface area contributed by atoms with Crippen molar-refractivity contribution >= 4 is 5.91 Å². The summed E-state index contributed by atoms with van der Waals surface area (Å²) >= 11 is 0. The number of halogens is 2. The fraction of sp³-hybridized carbons (Fsp3) is 0.185. The molecule has 1 heterocycles. The fourth-order valence-electron chi connectivity index (χ4n) is 3.71. The molecule has 0 spiro atoms. The van der Waals surface area contributed by atoms with Crippen LogP contribution in [-0.4, -0.2) is 27.1 Å². The van der Waals surface area contributed by atoms with Crippen molar-refractivity contribution in [3.8, 4) is 17.3 Å². The van der Waals surface area contributed by atoms with Gasteiger partial charge in [0.15, 0.2) is 11.6 Å². The molecule has 0 N–H and O–H groups in total. The summed E-state index contributed by atoms with van der Waals surface area (Å²) in [6.07, 6.45) is 0.757. The molecule has 174 valence electrons. The highest BCUT2D eigenvalue weighted by Crippen LogP contribution is 2.33. The highest BCUT2D eigenvalue weighted by Gasteiger charge is 2.24. The first-order chi connectivity index (χ1) is 16.5. The van der Waals surface area contributed by atoms with Crippen LogP contribution in [0, 0.1) is 18.6 Å². The molecule has 1 amide bonds. The molecule has 34 heavy (non-hydrogen) atoms. The van der Waals surface area contributed by atoms with Gasteiger partial charge in [0.1, 0.15) is 5.82 Å². The van der Waals surface area contributed by atoms with Crippen LogP contribution in [0.1, 0.15) is 35.0 Å². The molecule has 0 atom stereocenters. The first-order valence-corrected chi connectivity index (χ1v) is 11.1. The number of ether oxygens (including phenoxy) is 1. The number of benzene rings is 3. The van der Waals surface area contributed by atoms with E-state index < -0.39 is 11.6 Å². The van der Waals surface area contributed by atoms with Gasteiger partial charge >= 0.3 is 0 Å². The number of hydrogen-bond acceptors (Lipinski definition) is 3. The van der Waals surface area contributed by atoms with Gasteiger partial charge in [-0.05, 0) is 49.7 Å². The molecule has 0 saturated carbocycles. The average molecular weight is 462 g/mol. The van der Waals surface area contributed by atoms with Crippen LogP contribution in [0.15, 0.2) is 78.9 Å². The molecule has 0 bridgehead atoms. The average Bonchev–Trinajstić information content (AvgIpc) is 3.16. The second-order valence-corrected chi connectivity index (χ2v) is 7.89. The van der Waals surface area contributed by atoms with E-state index in [2.05, 4.69) is 5.10 Å². The van der Waals surface area contributed by atoms with E-state index in [-0.39, 0.29) is 24.1 Å². The van der Waals surface area contributed by atoms with Crippen molar-refractivity contribution in [2.45, 2.75) is 26.8 Å². The first-order valence-electron chi connectivity index (χ1n) is 11.1. The summed E-state index contributed by atoms with van der Waals surface area (Å²) in [5.41, 5.74) is 2.58. The zero-order valence-corrected chi connectivity index (χ0v) is 19.0. The Labute approximate surface area is 197 Å². The molecule has 0 aliphatic heterocycles. The van der Waals surface area contributed by atoms with E-state index in [0.717, 1.165) is 18.6 Å². The normalized spacial score (nSPS) is 10.8. The molecule has 0 radical (unpaired) electrons. The summed E-state index contributed by atoms with van der Waals surface area (Å²) in [7, 11) is 0. The Morgan fingerprint density at radius 3 is 2.32 bits per heavy atom. The standard InChI is InChI=1S/C27H25F2N3O2/c1-3-16-31(26(33)20-10-6-4-7-11-20)18-23-19(2)30-32(22-12-8-5-9-13-22)27(23)34-25-15-14-21(28)17-24(25)29/h4-15,17H,3,16,18H2,1-2H3. The molecule has 0 saturated heterocycles. The molecule has 0 unspecified atom stereocenters. The highest BCUT2D eigenvalue weighted by atomic mass is 19.1. The van der Waals surface area contributed by atoms with Gasteiger partial charge in [-0.2, -0.15) is 5.10 Å². The van der Waals surface area contributed by atoms with Crippen LogP contribution >= 0.6 is 0 Å². The van der Waals surface area contributed by atoms with Crippen molar-refractivity contribution in [2.75, 3.05) is 6.54 Å². The predicted octanol–water partition coefficient (Wildman–Crippen LogP) is 6.30. The molecule has 7 heteroatoms. The van der Waals surface area contributed by atoms with Gasteiger partial charge in [-0.1, -0.05) is 43.3 Å². The SMILES string of the molecule is CCCN(Cc1c(C)nn(-c2ccccc2)c1Oc1ccc(F)cc1F)C(=O)c1ccccc1. The Hall–Kier alpha value is -4.00. The van der Waals surface area contributed by atoms with Gasteiger partial charge in [-0.15, -0.1) is 0 Å². The van der Waals surface area contributed by atoms with Crippen LogP contribution in [0.2, 0.25) is 0 Å². The van der Waals surface area contributed by atoms with Crippen molar-refractivity contribution in [3.63, 3.8) is 0 Å². The summed E-state index contributed by atoms with van der Waals surface area (Å²) < 4.78 is 35.5. The monoisotopic (exact) mass is 461 g/mol. The van der Waals surface area contributed by atoms with Gasteiger partial charge in [0.2, 0.25) is 5.88 Å². The van der Waals surface area contributed by atoms with Gasteiger partial charge in [-0.3, -0.25) is 4.79 Å². The molecule has 3 aromatic carbocycles. The number of rotatable bonds is 8. The molecule has 4 rings (SSSR count). The summed E-state index contributed by atoms with van der Waals surface area (Å²) in [5.74, 6) is -1.49. The maximum atomic E-state index is 14.5. The minimum absolute atomic E-state index is 0.117. The molecule has 0 aliphatic rings. The number of aryl methyl sites for hydroxylation is 1. The topological polar surface area (TPSA) is 47.4 Å². The fourth-order valence-corrected chi connectivity index (χ4v) is 3.71. The lowest BCUT2D eigenvalue weighted by atomic mass is 10.1. The molecule has 5 nitrogen and oxygen atoms in total. The number of carbonyl (C=O) groups excluding carboxylic acids is 1. The molecular weight excluding hydrogens is 436 g/mol. The van der Waals surface area contributed by atoms with Crippen LogP contribution in [0.25, 0.3) is 5.69 Å². The van der Waals surface area contributed by atoms with Crippen molar-refractivity contribution in [1.29, 1.82) is 0 Å². The number of aromatic nitrogens is 2. The van der Waals surface area contributed by atoms with Crippen LogP contribution in [0.5, 0.6) is 11.6 Å². The Balaban J connectivity index is 1.77. The second kappa shape index (κ2) is 10.3. The van der Waals surface area contributed by atoms with E-state index >= 15 is 0 Å². The Bertz CT molecular complexity index is 1270. The lowest BCUT2D eigenvalue weighted by Gasteiger charge is -2.23. The number of carbonyl (C=O) groups is 1. The van der Waals surface area contributed by atoms with Crippen LogP contribution in [-0.2, 0) is 6.54 Å². The number of nitrogens with zero attached hydrogens (tertiary/aromatic N) is 3. The van der Waals surface area contributed by atoms with Crippen molar-refractivity contribution in [1.82, 2.24) is 14.7 Å². The van der Waals surface area contributed by atoms with Gasteiger partial charge in [-0.25, -0.2) is 13.5 Å². The minimum atomic E-state index is -0.824. The highest BCUT2D eigenvalue weighted by molar-refractivity contribution is 5.94. The molecule has 4 aromatic rings. The number of hydrogen-bond donors (Lipinski definition) is 0. The van der Waals surface area contributed by atoms with E-state index in [9.17, 15) is 13.6 Å². The quantitative estimate of drug-likeness (QED) is 0.309. The Morgan fingerprint density at radius 2 is 1.68 bits per heavy atom. The van der Waals surface area contributed by atoms with Crippen molar-refractivity contribution in [2.24, 2.45) is 0 Å². The van der Waals surface area contributed by atoms with Gasteiger partial charge in [0.25, 0.3) is 5.91 Å². The molecule has 0 aliphatic carbocycles. The maximum absolute atomic E-state index is 14.5. The van der Waals surface area contributed by atoms with Crippen LogP contribution < -0.4 is 4.74 Å². The molecule has 1 aromatic heterocycles. The zero-order valence-electron chi connectivity index (χ0n) is 19.0. The third-order valence-corrected chi connectivity index (χ3v) is 5.39. The van der Waals surface area contributed by atoms with E-state index in [1.807, 2.05) is 62.4 Å². The van der Waals surface area contributed by atoms with E-state index in [1.54, 1.807) is 21.7 Å². The first kappa shape index (κ1) is 23.2. The minimum Gasteiger partial charge on any atom is -0.435 e. The van der Waals surface area contributed by atoms with Gasteiger partial charge in [0, 0.05) is 18.2 Å². The van der Waals surface area contributed by atoms with E-state index in [4.69, 9.17) is 4.74 Å². The third-order valence-electron chi connectivity index (χ3n) is 5.39. The van der Waals surface area contributed by atoms with Gasteiger partial charge < -0.3 is 9.64 Å². The maximum Gasteiger partial charge on any atom is 0.254 e. The molecule has 0 fully saturated rings. The van der Waals surface area contributed by atoms with E-state index in [1.165, 1.54) is 6.07 Å². The molecular formula is C27H25F2N3O2. The van der Waals surface area contributed by atoms with E-state index in [0.29, 0.717) is 29.1 Å². The lowest BCUT2D eigenvalue weighted by molar-refractivity contribution is 0.0742. The van der Waals surface area contributed by atoms with Crippen molar-refractivity contribution in [3.05, 3.63) is 107 Å². The smallest absolute Gasteiger partial charge is 0.254 e. The number of amides is 1. The third kappa shape index (κ3) is 4.98. The predicted molar refractivity (Wildman–Crippen MR) is 126 cm³/mol. The van der Waals surface area contributed by atoms with Gasteiger partial charge in [0.05, 0.1) is 23.5 Å². The van der Waals surface area contributed by atoms with Crippen molar-refractivity contribution < 1.29 is 18.3 Å². The zero-order chi connectivity index (χ0) is 24.1. The van der Waals surface area contributed by atoms with Crippen LogP contribution in [0.4, 0.5) is 8.78 Å². The summed E-state index contributed by atoms with van der Waals surface area (Å²) in [5, 5.41) is 4.63. The summed E-state index contributed by atoms with van der Waals surface area (Å²) in [6, 6.07) is 21.5. The lowest BCUT2D eigenvalue weighted by Crippen LogP contribution is -2.31. The number of para-hydroxylation sites is 1. The van der Waals surface area contributed by atoms with Crippen LogP contribution in [0.3, 0.4) is 0 Å². The Morgan fingerprint density at radius 1 is 1.00 bits per heavy atom. The Kier molecular flexibility index (Phi) is 7.01. The second-order valence-electron chi connectivity index (χ2n) is 7.89. The summed E-state index contributed by atoms with van der Waals surface area (Å²) in [6.45, 7) is 4.56. The summed E-state index contributed by atoms with van der Waals surface area (Å²) in [4.78, 5) is 15.0.